The molecule has 4 nitrogen and oxygen atoms in total. The van der Waals surface area contributed by atoms with Gasteiger partial charge in [0.25, 0.3) is 0 Å². The van der Waals surface area contributed by atoms with Crippen LogP contribution < -0.4 is 0 Å². The van der Waals surface area contributed by atoms with Gasteiger partial charge in [0.2, 0.25) is 0 Å². The van der Waals surface area contributed by atoms with Crippen molar-refractivity contribution in [2.24, 2.45) is 0 Å². The van der Waals surface area contributed by atoms with Gasteiger partial charge in [-0.25, -0.2) is 15.0 Å². The molecule has 4 aromatic heterocycles. The van der Waals surface area contributed by atoms with Gasteiger partial charge in [0.1, 0.15) is 11.2 Å². The molecule has 57 heavy (non-hydrogen) atoms. The number of fused-ring (bicyclic) bond motifs is 9. The number of nitrogens with zero attached hydrogens (tertiary/aromatic N) is 3. The number of benzene rings is 8. The molecule has 0 atom stereocenters. The van der Waals surface area contributed by atoms with Crippen LogP contribution in [0.15, 0.2) is 180 Å². The molecule has 0 radical (unpaired) electrons. The van der Waals surface area contributed by atoms with Crippen molar-refractivity contribution in [2.45, 2.75) is 0 Å². The second-order valence-electron chi connectivity index (χ2n) is 14.3. The minimum Gasteiger partial charge on any atom is -0.456 e. The second-order valence-corrected chi connectivity index (χ2v) is 16.4. The van der Waals surface area contributed by atoms with Crippen LogP contribution in [0.2, 0.25) is 0 Å². The standard InChI is InChI=1S/C51H29N3OS2/c1-3-14-30(15-4-1)49-52-50(31-16-5-2-6-17-31)54-51(53-49)39-24-12-23-36-35-22-11-20-33(47(35)57-48(36)39)32-28-40(45-37-18-7-9-25-41(37)55-42(45)29-32)34-21-13-27-44-46(34)38-19-8-10-26-43(38)56-44/h1-29H. The van der Waals surface area contributed by atoms with Crippen molar-refractivity contribution in [3.63, 3.8) is 0 Å². The summed E-state index contributed by atoms with van der Waals surface area (Å²) in [6.07, 6.45) is 0. The Hall–Kier alpha value is -6.99. The maximum Gasteiger partial charge on any atom is 0.165 e. The third kappa shape index (κ3) is 5.15. The van der Waals surface area contributed by atoms with E-state index in [0.29, 0.717) is 17.5 Å². The molecule has 0 spiro atoms. The van der Waals surface area contributed by atoms with Crippen LogP contribution in [0, 0.1) is 0 Å². The highest BCUT2D eigenvalue weighted by atomic mass is 32.1. The van der Waals surface area contributed by atoms with Crippen molar-refractivity contribution < 1.29 is 4.42 Å². The highest BCUT2D eigenvalue weighted by molar-refractivity contribution is 7.27. The predicted octanol–water partition coefficient (Wildman–Crippen LogP) is 14.8. The van der Waals surface area contributed by atoms with Gasteiger partial charge in [-0.05, 0) is 58.7 Å². The van der Waals surface area contributed by atoms with Crippen molar-refractivity contribution in [1.82, 2.24) is 15.0 Å². The van der Waals surface area contributed by atoms with Crippen LogP contribution in [-0.4, -0.2) is 15.0 Å². The monoisotopic (exact) mass is 763 g/mol. The molecule has 0 aliphatic carbocycles. The summed E-state index contributed by atoms with van der Waals surface area (Å²) >= 11 is 3.65. The maximum absolute atomic E-state index is 6.68. The van der Waals surface area contributed by atoms with E-state index < -0.39 is 0 Å². The Balaban J connectivity index is 1.10. The van der Waals surface area contributed by atoms with Gasteiger partial charge >= 0.3 is 0 Å². The summed E-state index contributed by atoms with van der Waals surface area (Å²) in [5.41, 5.74) is 9.33. The van der Waals surface area contributed by atoms with E-state index in [1.165, 1.54) is 46.8 Å². The molecule has 6 heteroatoms. The van der Waals surface area contributed by atoms with E-state index in [1.807, 2.05) is 53.8 Å². The zero-order chi connectivity index (χ0) is 37.5. The smallest absolute Gasteiger partial charge is 0.165 e. The van der Waals surface area contributed by atoms with E-state index in [0.717, 1.165) is 54.5 Å². The van der Waals surface area contributed by atoms with E-state index in [-0.39, 0.29) is 0 Å². The van der Waals surface area contributed by atoms with Gasteiger partial charge in [-0.15, -0.1) is 22.7 Å². The fraction of sp³-hybridized carbons (Fsp3) is 0. The molecule has 12 aromatic rings. The summed E-state index contributed by atoms with van der Waals surface area (Å²) in [4.78, 5) is 15.2. The summed E-state index contributed by atoms with van der Waals surface area (Å²) in [5, 5.41) is 7.21. The molecular formula is C51H29N3OS2. The second kappa shape index (κ2) is 12.8. The fourth-order valence-corrected chi connectivity index (χ4v) is 10.9. The van der Waals surface area contributed by atoms with Crippen molar-refractivity contribution in [1.29, 1.82) is 0 Å². The van der Waals surface area contributed by atoms with Crippen molar-refractivity contribution in [3.05, 3.63) is 176 Å². The molecule has 0 aliphatic rings. The topological polar surface area (TPSA) is 51.8 Å². The lowest BCUT2D eigenvalue weighted by Crippen LogP contribution is -2.00. The summed E-state index contributed by atoms with van der Waals surface area (Å²) in [7, 11) is 0. The number of furan rings is 1. The van der Waals surface area contributed by atoms with Crippen LogP contribution in [0.25, 0.3) is 119 Å². The molecule has 0 saturated carbocycles. The minimum atomic E-state index is 0.651. The third-order valence-corrected chi connectivity index (χ3v) is 13.4. The first kappa shape index (κ1) is 32.3. The molecule has 12 rings (SSSR count). The largest absolute Gasteiger partial charge is 0.456 e. The quantitative estimate of drug-likeness (QED) is 0.175. The van der Waals surface area contributed by atoms with E-state index in [4.69, 9.17) is 19.4 Å². The fourth-order valence-electron chi connectivity index (χ4n) is 8.37. The first-order valence-electron chi connectivity index (χ1n) is 18.9. The van der Waals surface area contributed by atoms with Gasteiger partial charge in [-0.2, -0.15) is 0 Å². The summed E-state index contributed by atoms with van der Waals surface area (Å²) in [5.74, 6) is 1.96. The number of para-hydroxylation sites is 1. The Bertz CT molecular complexity index is 3470. The van der Waals surface area contributed by atoms with Crippen LogP contribution in [0.5, 0.6) is 0 Å². The number of thiophene rings is 2. The first-order chi connectivity index (χ1) is 28.2. The first-order valence-corrected chi connectivity index (χ1v) is 20.6. The van der Waals surface area contributed by atoms with Crippen LogP contribution in [-0.2, 0) is 0 Å². The molecule has 0 bridgehead atoms. The zero-order valence-corrected chi connectivity index (χ0v) is 31.9. The molecule has 0 fully saturated rings. The number of hydrogen-bond acceptors (Lipinski definition) is 6. The predicted molar refractivity (Wildman–Crippen MR) is 240 cm³/mol. The lowest BCUT2D eigenvalue weighted by molar-refractivity contribution is 0.669. The third-order valence-electron chi connectivity index (χ3n) is 10.9. The molecule has 0 amide bonds. The highest BCUT2D eigenvalue weighted by Gasteiger charge is 2.22. The van der Waals surface area contributed by atoms with Crippen LogP contribution in [0.4, 0.5) is 0 Å². The van der Waals surface area contributed by atoms with Gasteiger partial charge in [-0.3, -0.25) is 0 Å². The maximum atomic E-state index is 6.68. The van der Waals surface area contributed by atoms with E-state index in [1.54, 1.807) is 11.3 Å². The van der Waals surface area contributed by atoms with Gasteiger partial charge in [0, 0.05) is 67.8 Å². The molecule has 0 aliphatic heterocycles. The lowest BCUT2D eigenvalue weighted by atomic mass is 9.91. The lowest BCUT2D eigenvalue weighted by Gasteiger charge is -2.11. The normalized spacial score (nSPS) is 11.9. The Kier molecular flexibility index (Phi) is 7.24. The average Bonchev–Trinajstić information content (AvgIpc) is 3.98. The van der Waals surface area contributed by atoms with E-state index in [9.17, 15) is 0 Å². The molecule has 0 N–H and O–H groups in total. The molecule has 0 unspecified atom stereocenters. The van der Waals surface area contributed by atoms with Crippen LogP contribution >= 0.6 is 22.7 Å². The number of aromatic nitrogens is 3. The van der Waals surface area contributed by atoms with E-state index in [2.05, 4.69) is 133 Å². The van der Waals surface area contributed by atoms with Gasteiger partial charge in [0.05, 0.1) is 0 Å². The minimum absolute atomic E-state index is 0.651. The molecule has 8 aromatic carbocycles. The van der Waals surface area contributed by atoms with E-state index >= 15 is 0 Å². The Morgan fingerprint density at radius 3 is 1.65 bits per heavy atom. The van der Waals surface area contributed by atoms with Gasteiger partial charge in [-0.1, -0.05) is 140 Å². The van der Waals surface area contributed by atoms with Crippen molar-refractivity contribution in [2.75, 3.05) is 0 Å². The summed E-state index contributed by atoms with van der Waals surface area (Å²) in [6, 6.07) is 61.9. The van der Waals surface area contributed by atoms with Crippen LogP contribution in [0.3, 0.4) is 0 Å². The molecule has 0 saturated heterocycles. The Morgan fingerprint density at radius 1 is 0.333 bits per heavy atom. The highest BCUT2D eigenvalue weighted by Crippen LogP contribution is 2.48. The van der Waals surface area contributed by atoms with Gasteiger partial charge < -0.3 is 4.42 Å². The summed E-state index contributed by atoms with van der Waals surface area (Å²) in [6.45, 7) is 0. The Labute approximate surface area is 335 Å². The van der Waals surface area contributed by atoms with Crippen molar-refractivity contribution in [3.8, 4) is 56.4 Å². The SMILES string of the molecule is c1ccc(-c2nc(-c3ccccc3)nc(-c3cccc4c3sc3c(-c5cc(-c6cccc7sc8ccccc8c67)c6c(c5)oc5ccccc56)cccc34)n2)cc1. The Morgan fingerprint density at radius 2 is 0.895 bits per heavy atom. The molecule has 4 heterocycles. The average molecular weight is 764 g/mol. The molecule has 266 valence electrons. The van der Waals surface area contributed by atoms with Crippen LogP contribution in [0.1, 0.15) is 0 Å². The van der Waals surface area contributed by atoms with Crippen molar-refractivity contribution >= 4 is 85.0 Å². The number of rotatable bonds is 5. The molecular weight excluding hydrogens is 735 g/mol. The van der Waals surface area contributed by atoms with Gasteiger partial charge in [0.15, 0.2) is 17.5 Å². The zero-order valence-electron chi connectivity index (χ0n) is 30.3. The summed E-state index contributed by atoms with van der Waals surface area (Å²) < 4.78 is 11.6. The number of hydrogen-bond donors (Lipinski definition) is 0.